The number of hydrogen-bond donors (Lipinski definition) is 1. The van der Waals surface area contributed by atoms with E-state index in [1.807, 2.05) is 0 Å². The van der Waals surface area contributed by atoms with E-state index in [1.54, 1.807) is 20.9 Å². The fourth-order valence-electron chi connectivity index (χ4n) is 3.76. The number of unbranched alkanes of at least 4 members (excludes halogenated alkanes) is 5. The molecule has 2 atom stereocenters. The molecule has 1 aliphatic carbocycles. The summed E-state index contributed by atoms with van der Waals surface area (Å²) >= 11 is 2.05. The van der Waals surface area contributed by atoms with Crippen molar-refractivity contribution >= 4 is 11.3 Å². The minimum Gasteiger partial charge on any atom is -0.327 e. The van der Waals surface area contributed by atoms with E-state index < -0.39 is 0 Å². The van der Waals surface area contributed by atoms with Gasteiger partial charge in [0.05, 0.1) is 0 Å². The highest BCUT2D eigenvalue weighted by molar-refractivity contribution is 7.12. The fourth-order valence-corrected chi connectivity index (χ4v) is 5.25. The van der Waals surface area contributed by atoms with Gasteiger partial charge in [-0.15, -0.1) is 11.3 Å². The van der Waals surface area contributed by atoms with Gasteiger partial charge in [0.2, 0.25) is 0 Å². The Kier molecular flexibility index (Phi) is 6.75. The summed E-state index contributed by atoms with van der Waals surface area (Å²) < 4.78 is 0. The molecule has 1 heterocycles. The minimum absolute atomic E-state index is 0.386. The molecule has 0 radical (unpaired) electrons. The maximum atomic E-state index is 6.16. The first-order valence-corrected chi connectivity index (χ1v) is 9.87. The van der Waals surface area contributed by atoms with E-state index in [1.165, 1.54) is 51.4 Å². The number of aryl methyl sites for hydroxylation is 1. The van der Waals surface area contributed by atoms with Crippen molar-refractivity contribution in [2.24, 2.45) is 5.73 Å². The van der Waals surface area contributed by atoms with Crippen LogP contribution in [0.4, 0.5) is 0 Å². The molecular weight excluding hydrogens is 274 g/mol. The Hall–Kier alpha value is -0.340. The van der Waals surface area contributed by atoms with E-state index in [-0.39, 0.29) is 0 Å². The molecule has 0 fully saturated rings. The summed E-state index contributed by atoms with van der Waals surface area (Å²) in [5.41, 5.74) is 9.50. The monoisotopic (exact) mass is 307 g/mol. The molecule has 2 N–H and O–H groups in total. The maximum Gasteiger partial charge on any atom is 0.0128 e. The van der Waals surface area contributed by atoms with Gasteiger partial charge in [-0.3, -0.25) is 0 Å². The van der Waals surface area contributed by atoms with Gasteiger partial charge in [0.1, 0.15) is 0 Å². The van der Waals surface area contributed by atoms with Crippen LogP contribution in [0, 0.1) is 0 Å². The summed E-state index contributed by atoms with van der Waals surface area (Å²) in [5, 5.41) is 0. The van der Waals surface area contributed by atoms with Crippen LogP contribution in [0.25, 0.3) is 0 Å². The van der Waals surface area contributed by atoms with Crippen LogP contribution >= 0.6 is 11.3 Å². The van der Waals surface area contributed by atoms with Crippen molar-refractivity contribution in [3.05, 3.63) is 20.9 Å². The standard InChI is InChI=1S/C19H33NS/c1-4-6-7-8-9-10-11-14(3)19-16-12-15(20)13-18(16)21-17(19)5-2/h14-15H,4-13,20H2,1-3H3. The summed E-state index contributed by atoms with van der Waals surface area (Å²) in [6.45, 7) is 7.04. The van der Waals surface area contributed by atoms with E-state index in [9.17, 15) is 0 Å². The van der Waals surface area contributed by atoms with Crippen LogP contribution in [-0.2, 0) is 19.3 Å². The van der Waals surface area contributed by atoms with Gasteiger partial charge in [0.15, 0.2) is 0 Å². The average molecular weight is 308 g/mol. The minimum atomic E-state index is 0.386. The van der Waals surface area contributed by atoms with Crippen LogP contribution in [0.15, 0.2) is 0 Å². The van der Waals surface area contributed by atoms with Gasteiger partial charge in [0.25, 0.3) is 0 Å². The van der Waals surface area contributed by atoms with Crippen LogP contribution < -0.4 is 5.73 Å². The van der Waals surface area contributed by atoms with Crippen LogP contribution in [0.1, 0.15) is 92.5 Å². The number of fused-ring (bicyclic) bond motifs is 1. The summed E-state index contributed by atoms with van der Waals surface area (Å²) in [5.74, 6) is 0.733. The molecule has 1 nitrogen and oxygen atoms in total. The first kappa shape index (κ1) is 17.0. The zero-order chi connectivity index (χ0) is 15.2. The molecule has 2 heteroatoms. The zero-order valence-corrected chi connectivity index (χ0v) is 15.0. The van der Waals surface area contributed by atoms with Crippen molar-refractivity contribution in [1.82, 2.24) is 0 Å². The number of thiophene rings is 1. The van der Waals surface area contributed by atoms with Gasteiger partial charge in [-0.25, -0.2) is 0 Å². The molecule has 0 saturated heterocycles. The van der Waals surface area contributed by atoms with E-state index in [0.29, 0.717) is 6.04 Å². The third-order valence-corrected chi connectivity index (χ3v) is 6.34. The van der Waals surface area contributed by atoms with Crippen LogP contribution in [0.5, 0.6) is 0 Å². The van der Waals surface area contributed by atoms with Crippen LogP contribution in [0.3, 0.4) is 0 Å². The quantitative estimate of drug-likeness (QED) is 0.591. The first-order chi connectivity index (χ1) is 10.2. The number of hydrogen-bond acceptors (Lipinski definition) is 2. The molecule has 0 spiro atoms. The Morgan fingerprint density at radius 2 is 1.81 bits per heavy atom. The Balaban J connectivity index is 1.88. The topological polar surface area (TPSA) is 26.0 Å². The van der Waals surface area contributed by atoms with Crippen molar-refractivity contribution in [2.45, 2.75) is 96.9 Å². The Labute approximate surface area is 135 Å². The van der Waals surface area contributed by atoms with E-state index in [2.05, 4.69) is 32.1 Å². The predicted molar refractivity (Wildman–Crippen MR) is 95.5 cm³/mol. The highest BCUT2D eigenvalue weighted by Crippen LogP contribution is 2.40. The average Bonchev–Trinajstić information content (AvgIpc) is 2.97. The Morgan fingerprint density at radius 1 is 1.10 bits per heavy atom. The third-order valence-electron chi connectivity index (χ3n) is 4.93. The summed E-state index contributed by atoms with van der Waals surface area (Å²) in [6, 6.07) is 0.386. The molecule has 0 aromatic carbocycles. The number of rotatable bonds is 9. The predicted octanol–water partition coefficient (Wildman–Crippen LogP) is 5.59. The Morgan fingerprint density at radius 3 is 2.52 bits per heavy atom. The second-order valence-corrected chi connectivity index (χ2v) is 8.01. The van der Waals surface area contributed by atoms with Gasteiger partial charge in [-0.1, -0.05) is 59.3 Å². The Bertz CT molecular complexity index is 435. The van der Waals surface area contributed by atoms with Crippen LogP contribution in [-0.4, -0.2) is 6.04 Å². The normalized spacial score (nSPS) is 19.0. The van der Waals surface area contributed by atoms with Gasteiger partial charge in [-0.2, -0.15) is 0 Å². The second-order valence-electron chi connectivity index (χ2n) is 6.82. The van der Waals surface area contributed by atoms with Crippen molar-refractivity contribution < 1.29 is 0 Å². The molecule has 2 rings (SSSR count). The van der Waals surface area contributed by atoms with Gasteiger partial charge in [0, 0.05) is 15.8 Å². The largest absolute Gasteiger partial charge is 0.327 e. The zero-order valence-electron chi connectivity index (χ0n) is 14.2. The summed E-state index contributed by atoms with van der Waals surface area (Å²) in [6.07, 6.45) is 13.2. The molecule has 0 bridgehead atoms. The lowest BCUT2D eigenvalue weighted by molar-refractivity contribution is 0.554. The molecule has 0 aliphatic heterocycles. The maximum absolute atomic E-state index is 6.16. The molecule has 120 valence electrons. The van der Waals surface area contributed by atoms with Crippen molar-refractivity contribution in [1.29, 1.82) is 0 Å². The molecule has 1 aromatic heterocycles. The SMILES string of the molecule is CCCCCCCCC(C)c1c(CC)sc2c1CC(N)C2. The smallest absolute Gasteiger partial charge is 0.0128 e. The molecule has 21 heavy (non-hydrogen) atoms. The molecule has 1 aliphatic rings. The lowest BCUT2D eigenvalue weighted by Crippen LogP contribution is -2.19. The van der Waals surface area contributed by atoms with Gasteiger partial charge in [-0.05, 0) is 42.7 Å². The lowest BCUT2D eigenvalue weighted by Gasteiger charge is -2.15. The number of nitrogens with two attached hydrogens (primary N) is 1. The molecule has 0 saturated carbocycles. The van der Waals surface area contributed by atoms with Gasteiger partial charge < -0.3 is 5.73 Å². The third kappa shape index (κ3) is 4.32. The van der Waals surface area contributed by atoms with Crippen molar-refractivity contribution in [2.75, 3.05) is 0 Å². The highest BCUT2D eigenvalue weighted by Gasteiger charge is 2.27. The summed E-state index contributed by atoms with van der Waals surface area (Å²) in [7, 11) is 0. The first-order valence-electron chi connectivity index (χ1n) is 9.06. The highest BCUT2D eigenvalue weighted by atomic mass is 32.1. The van der Waals surface area contributed by atoms with Crippen molar-refractivity contribution in [3.8, 4) is 0 Å². The second kappa shape index (κ2) is 8.33. The molecule has 0 amide bonds. The van der Waals surface area contributed by atoms with E-state index in [0.717, 1.165) is 18.8 Å². The fraction of sp³-hybridized carbons (Fsp3) is 0.789. The molecule has 1 aromatic rings. The summed E-state index contributed by atoms with van der Waals surface area (Å²) in [4.78, 5) is 3.24. The van der Waals surface area contributed by atoms with Crippen molar-refractivity contribution in [3.63, 3.8) is 0 Å². The van der Waals surface area contributed by atoms with Gasteiger partial charge >= 0.3 is 0 Å². The molecule has 2 unspecified atom stereocenters. The van der Waals surface area contributed by atoms with E-state index in [4.69, 9.17) is 5.73 Å². The van der Waals surface area contributed by atoms with E-state index >= 15 is 0 Å². The molecular formula is C19H33NS. The lowest BCUT2D eigenvalue weighted by atomic mass is 9.90. The van der Waals surface area contributed by atoms with Crippen LogP contribution in [0.2, 0.25) is 0 Å².